The molecule has 1 unspecified atom stereocenters. The molecule has 0 amide bonds. The quantitative estimate of drug-likeness (QED) is 0.914. The summed E-state index contributed by atoms with van der Waals surface area (Å²) in [6, 6.07) is 7.87. The van der Waals surface area contributed by atoms with Crippen LogP contribution in [0.15, 0.2) is 34.9 Å². The van der Waals surface area contributed by atoms with Gasteiger partial charge in [0.15, 0.2) is 0 Å². The maximum Gasteiger partial charge on any atom is 0.122 e. The van der Waals surface area contributed by atoms with Crippen LogP contribution in [0, 0.1) is 20.8 Å². The van der Waals surface area contributed by atoms with Gasteiger partial charge in [-0.15, -0.1) is 0 Å². The molecule has 1 heterocycles. The minimum atomic E-state index is -0.695. The molecule has 0 aliphatic rings. The Morgan fingerprint density at radius 3 is 2.44 bits per heavy atom. The number of pyridine rings is 1. The Bertz CT molecular complexity index is 581. The van der Waals surface area contributed by atoms with Crippen molar-refractivity contribution in [2.75, 3.05) is 0 Å². The first-order valence-electron chi connectivity index (χ1n) is 5.87. The predicted molar refractivity (Wildman–Crippen MR) is 76.7 cm³/mol. The molecule has 0 fully saturated rings. The maximum absolute atomic E-state index is 10.5. The van der Waals surface area contributed by atoms with E-state index in [4.69, 9.17) is 0 Å². The van der Waals surface area contributed by atoms with Gasteiger partial charge in [0.1, 0.15) is 6.10 Å². The molecule has 2 nitrogen and oxygen atoms in total. The Kier molecular flexibility index (Phi) is 3.83. The Morgan fingerprint density at radius 2 is 1.78 bits per heavy atom. The minimum absolute atomic E-state index is 0.656. The molecule has 1 aromatic carbocycles. The van der Waals surface area contributed by atoms with Gasteiger partial charge in [0.05, 0.1) is 5.69 Å². The third-order valence-corrected chi connectivity index (χ3v) is 3.89. The zero-order valence-corrected chi connectivity index (χ0v) is 12.3. The SMILES string of the molecule is Cc1cc(C)c(C(O)c2ncccc2Br)cc1C. The van der Waals surface area contributed by atoms with Crippen LogP contribution in [0.1, 0.15) is 34.1 Å². The van der Waals surface area contributed by atoms with Gasteiger partial charge in [-0.25, -0.2) is 0 Å². The highest BCUT2D eigenvalue weighted by molar-refractivity contribution is 9.10. The summed E-state index contributed by atoms with van der Waals surface area (Å²) >= 11 is 3.43. The molecule has 1 aromatic heterocycles. The fourth-order valence-corrected chi connectivity index (χ4v) is 2.50. The summed E-state index contributed by atoms with van der Waals surface area (Å²) in [5, 5.41) is 10.5. The van der Waals surface area contributed by atoms with Crippen molar-refractivity contribution in [1.82, 2.24) is 4.98 Å². The Labute approximate surface area is 116 Å². The molecule has 0 aliphatic carbocycles. The average molecular weight is 306 g/mol. The van der Waals surface area contributed by atoms with Gasteiger partial charge >= 0.3 is 0 Å². The number of rotatable bonds is 2. The molecule has 0 aliphatic heterocycles. The molecular weight excluding hydrogens is 290 g/mol. The zero-order chi connectivity index (χ0) is 13.3. The standard InChI is InChI=1S/C15H16BrNO/c1-9-7-11(3)12(8-10(9)2)15(18)14-13(16)5-4-6-17-14/h4-8,15,18H,1-3H3. The number of aryl methyl sites for hydroxylation is 3. The van der Waals surface area contributed by atoms with Gasteiger partial charge in [-0.2, -0.15) is 0 Å². The number of benzene rings is 1. The van der Waals surface area contributed by atoms with Gasteiger partial charge in [0, 0.05) is 10.7 Å². The number of halogens is 1. The van der Waals surface area contributed by atoms with E-state index in [0.29, 0.717) is 5.69 Å². The second kappa shape index (κ2) is 5.21. The van der Waals surface area contributed by atoms with Crippen molar-refractivity contribution in [3.8, 4) is 0 Å². The van der Waals surface area contributed by atoms with Crippen molar-refractivity contribution >= 4 is 15.9 Å². The first-order valence-corrected chi connectivity index (χ1v) is 6.66. The highest BCUT2D eigenvalue weighted by Gasteiger charge is 2.17. The first-order chi connectivity index (χ1) is 8.50. The second-order valence-electron chi connectivity index (χ2n) is 4.57. The molecule has 0 saturated carbocycles. The van der Waals surface area contributed by atoms with Crippen molar-refractivity contribution < 1.29 is 5.11 Å². The summed E-state index contributed by atoms with van der Waals surface area (Å²) in [5.74, 6) is 0. The number of aliphatic hydroxyl groups excluding tert-OH is 1. The van der Waals surface area contributed by atoms with E-state index in [1.54, 1.807) is 6.20 Å². The molecular formula is C15H16BrNO. The molecule has 0 saturated heterocycles. The smallest absolute Gasteiger partial charge is 0.122 e. The van der Waals surface area contributed by atoms with Gasteiger partial charge in [-0.3, -0.25) is 4.98 Å². The van der Waals surface area contributed by atoms with Crippen molar-refractivity contribution in [3.05, 3.63) is 62.9 Å². The van der Waals surface area contributed by atoms with E-state index >= 15 is 0 Å². The molecule has 2 rings (SSSR count). The lowest BCUT2D eigenvalue weighted by molar-refractivity contribution is 0.213. The van der Waals surface area contributed by atoms with E-state index in [1.165, 1.54) is 11.1 Å². The van der Waals surface area contributed by atoms with Crippen molar-refractivity contribution in [3.63, 3.8) is 0 Å². The third kappa shape index (κ3) is 2.47. The van der Waals surface area contributed by atoms with E-state index in [0.717, 1.165) is 15.6 Å². The van der Waals surface area contributed by atoms with Crippen LogP contribution in [0.5, 0.6) is 0 Å². The van der Waals surface area contributed by atoms with Gasteiger partial charge < -0.3 is 5.11 Å². The molecule has 18 heavy (non-hydrogen) atoms. The van der Waals surface area contributed by atoms with Crippen LogP contribution in [0.25, 0.3) is 0 Å². The third-order valence-electron chi connectivity index (χ3n) is 3.22. The maximum atomic E-state index is 10.5. The summed E-state index contributed by atoms with van der Waals surface area (Å²) in [6.07, 6.45) is 1.000. The molecule has 0 radical (unpaired) electrons. The Hall–Kier alpha value is -1.19. The summed E-state index contributed by atoms with van der Waals surface area (Å²) in [7, 11) is 0. The Balaban J connectivity index is 2.50. The lowest BCUT2D eigenvalue weighted by atomic mass is 9.95. The highest BCUT2D eigenvalue weighted by atomic mass is 79.9. The predicted octanol–water partition coefficient (Wildman–Crippen LogP) is 3.85. The summed E-state index contributed by atoms with van der Waals surface area (Å²) in [4.78, 5) is 4.25. The molecule has 3 heteroatoms. The summed E-state index contributed by atoms with van der Waals surface area (Å²) in [5.41, 5.74) is 5.08. The number of aliphatic hydroxyl groups is 1. The monoisotopic (exact) mass is 305 g/mol. The van der Waals surface area contributed by atoms with Gasteiger partial charge in [0.25, 0.3) is 0 Å². The number of aromatic nitrogens is 1. The molecule has 94 valence electrons. The van der Waals surface area contributed by atoms with Crippen LogP contribution < -0.4 is 0 Å². The fraction of sp³-hybridized carbons (Fsp3) is 0.267. The molecule has 2 aromatic rings. The van der Waals surface area contributed by atoms with Crippen molar-refractivity contribution in [2.45, 2.75) is 26.9 Å². The zero-order valence-electron chi connectivity index (χ0n) is 10.7. The van der Waals surface area contributed by atoms with Crippen LogP contribution in [-0.2, 0) is 0 Å². The first kappa shape index (κ1) is 13.2. The summed E-state index contributed by atoms with van der Waals surface area (Å²) < 4.78 is 0.829. The molecule has 1 atom stereocenters. The Morgan fingerprint density at radius 1 is 1.11 bits per heavy atom. The van der Waals surface area contributed by atoms with Gasteiger partial charge in [-0.1, -0.05) is 12.1 Å². The second-order valence-corrected chi connectivity index (χ2v) is 5.42. The van der Waals surface area contributed by atoms with Crippen LogP contribution >= 0.6 is 15.9 Å². The summed E-state index contributed by atoms with van der Waals surface area (Å²) in [6.45, 7) is 6.15. The van der Waals surface area contributed by atoms with Crippen LogP contribution in [0.2, 0.25) is 0 Å². The topological polar surface area (TPSA) is 33.1 Å². The highest BCUT2D eigenvalue weighted by Crippen LogP contribution is 2.29. The fourth-order valence-electron chi connectivity index (χ4n) is 2.02. The normalized spacial score (nSPS) is 12.5. The average Bonchev–Trinajstić information content (AvgIpc) is 2.33. The largest absolute Gasteiger partial charge is 0.382 e. The van der Waals surface area contributed by atoms with E-state index in [-0.39, 0.29) is 0 Å². The van der Waals surface area contributed by atoms with Crippen LogP contribution in [0.3, 0.4) is 0 Å². The van der Waals surface area contributed by atoms with E-state index in [2.05, 4.69) is 40.8 Å². The van der Waals surface area contributed by atoms with E-state index in [9.17, 15) is 5.11 Å². The minimum Gasteiger partial charge on any atom is -0.382 e. The van der Waals surface area contributed by atoms with Crippen molar-refractivity contribution in [1.29, 1.82) is 0 Å². The van der Waals surface area contributed by atoms with Crippen LogP contribution in [0.4, 0.5) is 0 Å². The number of nitrogens with zero attached hydrogens (tertiary/aromatic N) is 1. The number of hydrogen-bond acceptors (Lipinski definition) is 2. The molecule has 1 N–H and O–H groups in total. The van der Waals surface area contributed by atoms with E-state index in [1.807, 2.05) is 25.1 Å². The lowest BCUT2D eigenvalue weighted by Crippen LogP contribution is -2.06. The van der Waals surface area contributed by atoms with Gasteiger partial charge in [-0.05, 0) is 71.1 Å². The lowest BCUT2D eigenvalue weighted by Gasteiger charge is -2.16. The number of hydrogen-bond donors (Lipinski definition) is 1. The molecule has 0 spiro atoms. The molecule has 0 bridgehead atoms. The van der Waals surface area contributed by atoms with E-state index < -0.39 is 6.10 Å². The van der Waals surface area contributed by atoms with Crippen molar-refractivity contribution in [2.24, 2.45) is 0 Å². The van der Waals surface area contributed by atoms with Gasteiger partial charge in [0.2, 0.25) is 0 Å². The van der Waals surface area contributed by atoms with Crippen LogP contribution in [-0.4, -0.2) is 10.1 Å².